The van der Waals surface area contributed by atoms with Crippen LogP contribution in [0.15, 0.2) is 41.4 Å². The van der Waals surface area contributed by atoms with Crippen molar-refractivity contribution in [1.82, 2.24) is 18.8 Å². The molecule has 4 rings (SSSR count). The third-order valence-electron chi connectivity index (χ3n) is 6.58. The molecule has 0 radical (unpaired) electrons. The van der Waals surface area contributed by atoms with Crippen LogP contribution in [0.2, 0.25) is 0 Å². The average Bonchev–Trinajstić information content (AvgIpc) is 3.19. The van der Waals surface area contributed by atoms with E-state index in [2.05, 4.69) is 20.2 Å². The fourth-order valence-corrected chi connectivity index (χ4v) is 6.09. The molecule has 0 saturated carbocycles. The maximum atomic E-state index is 12.9. The molecule has 3 heterocycles. The molecule has 10 heteroatoms. The van der Waals surface area contributed by atoms with Gasteiger partial charge < -0.3 is 14.8 Å². The maximum Gasteiger partial charge on any atom is 0.243 e. The number of amides is 1. The molecule has 1 saturated heterocycles. The monoisotopic (exact) mass is 498 g/mol. The minimum Gasteiger partial charge on any atom is -0.355 e. The van der Waals surface area contributed by atoms with Crippen molar-refractivity contribution in [3.63, 3.8) is 0 Å². The second kappa shape index (κ2) is 10.7. The summed E-state index contributed by atoms with van der Waals surface area (Å²) in [5.74, 6) is 1.45. The summed E-state index contributed by atoms with van der Waals surface area (Å²) in [4.78, 5) is 24.4. The Morgan fingerprint density at radius 1 is 1.11 bits per heavy atom. The first kappa shape index (κ1) is 25.1. The first-order valence-electron chi connectivity index (χ1n) is 12.3. The molecule has 1 amide bonds. The quantitative estimate of drug-likeness (QED) is 0.484. The van der Waals surface area contributed by atoms with E-state index in [4.69, 9.17) is 0 Å². The Hall–Kier alpha value is -2.98. The first-order chi connectivity index (χ1) is 16.8. The third kappa shape index (κ3) is 5.33. The van der Waals surface area contributed by atoms with E-state index < -0.39 is 10.0 Å². The van der Waals surface area contributed by atoms with Gasteiger partial charge in [0.25, 0.3) is 0 Å². The third-order valence-corrected chi connectivity index (χ3v) is 8.63. The second-order valence-electron chi connectivity index (χ2n) is 8.80. The molecule has 0 atom stereocenters. The number of pyridine rings is 1. The number of imidazole rings is 1. The van der Waals surface area contributed by atoms with Gasteiger partial charge in [0.1, 0.15) is 5.82 Å². The number of fused-ring (bicyclic) bond motifs is 1. The minimum atomic E-state index is -3.56. The predicted molar refractivity (Wildman–Crippen MR) is 138 cm³/mol. The topological polar surface area (TPSA) is 100 Å². The van der Waals surface area contributed by atoms with Gasteiger partial charge in [-0.25, -0.2) is 18.4 Å². The molecule has 1 aromatic carbocycles. The van der Waals surface area contributed by atoms with E-state index in [0.717, 1.165) is 48.8 Å². The molecule has 0 bridgehead atoms. The molecular formula is C25H34N6O3S. The number of nitrogens with one attached hydrogen (secondary N) is 1. The van der Waals surface area contributed by atoms with Gasteiger partial charge in [-0.15, -0.1) is 0 Å². The van der Waals surface area contributed by atoms with Crippen LogP contribution in [0.1, 0.15) is 45.4 Å². The van der Waals surface area contributed by atoms with Crippen LogP contribution >= 0.6 is 0 Å². The van der Waals surface area contributed by atoms with Gasteiger partial charge in [-0.1, -0.05) is 13.8 Å². The number of carbonyl (C=O) groups is 1. The Morgan fingerprint density at radius 2 is 1.86 bits per heavy atom. The molecule has 1 aliphatic rings. The van der Waals surface area contributed by atoms with Crippen molar-refractivity contribution in [3.05, 3.63) is 42.4 Å². The Morgan fingerprint density at radius 3 is 2.57 bits per heavy atom. The molecule has 3 aromatic rings. The second-order valence-corrected chi connectivity index (χ2v) is 10.7. The van der Waals surface area contributed by atoms with E-state index >= 15 is 0 Å². The number of benzene rings is 1. The lowest BCUT2D eigenvalue weighted by atomic mass is 10.1. The van der Waals surface area contributed by atoms with Gasteiger partial charge in [-0.3, -0.25) is 4.79 Å². The zero-order valence-electron chi connectivity index (χ0n) is 20.7. The van der Waals surface area contributed by atoms with E-state index in [1.165, 1.54) is 10.7 Å². The van der Waals surface area contributed by atoms with Gasteiger partial charge in [0.2, 0.25) is 15.9 Å². The van der Waals surface area contributed by atoms with E-state index in [-0.39, 0.29) is 17.2 Å². The highest BCUT2D eigenvalue weighted by molar-refractivity contribution is 7.89. The SMILES string of the molecule is CCN(CC)S(=O)(=O)c1ccc2c(c1)nc(CCC(=O)Nc1cccnc1N1CCCCC1)n2C. The summed E-state index contributed by atoms with van der Waals surface area (Å²) in [6.45, 7) is 6.37. The highest BCUT2D eigenvalue weighted by atomic mass is 32.2. The number of hydrogen-bond acceptors (Lipinski definition) is 6. The van der Waals surface area contributed by atoms with Gasteiger partial charge in [0, 0.05) is 52.3 Å². The largest absolute Gasteiger partial charge is 0.355 e. The fraction of sp³-hybridized carbons (Fsp3) is 0.480. The summed E-state index contributed by atoms with van der Waals surface area (Å²) in [5.41, 5.74) is 2.17. The number of hydrogen-bond donors (Lipinski definition) is 1. The standard InChI is InChI=1S/C25H34N6O3S/c1-4-31(5-2)35(33,34)19-11-12-22-21(18-19)27-23(29(22)3)13-14-24(32)28-20-10-9-15-26-25(20)30-16-7-6-8-17-30/h9-12,15,18H,4-8,13-14,16-17H2,1-3H3,(H,28,32). The summed E-state index contributed by atoms with van der Waals surface area (Å²) in [6.07, 6.45) is 5.95. The first-order valence-corrected chi connectivity index (χ1v) is 13.7. The van der Waals surface area contributed by atoms with Gasteiger partial charge in [0.15, 0.2) is 5.82 Å². The molecule has 1 N–H and O–H groups in total. The number of piperidine rings is 1. The van der Waals surface area contributed by atoms with Crippen molar-refractivity contribution in [2.45, 2.75) is 50.8 Å². The highest BCUT2D eigenvalue weighted by Crippen LogP contribution is 2.26. The number of sulfonamides is 1. The zero-order chi connectivity index (χ0) is 25.0. The molecule has 1 fully saturated rings. The van der Waals surface area contributed by atoms with Crippen molar-refractivity contribution in [2.24, 2.45) is 7.05 Å². The van der Waals surface area contributed by atoms with Crippen LogP contribution in [-0.2, 0) is 28.3 Å². The summed E-state index contributed by atoms with van der Waals surface area (Å²) < 4.78 is 29.1. The number of nitrogens with zero attached hydrogens (tertiary/aromatic N) is 5. The Kier molecular flexibility index (Phi) is 7.71. The van der Waals surface area contributed by atoms with Gasteiger partial charge in [-0.05, 0) is 49.6 Å². The number of rotatable bonds is 9. The lowest BCUT2D eigenvalue weighted by Gasteiger charge is -2.29. The summed E-state index contributed by atoms with van der Waals surface area (Å²) >= 11 is 0. The normalized spacial score (nSPS) is 14.6. The van der Waals surface area contributed by atoms with Gasteiger partial charge in [0.05, 0.1) is 21.6 Å². The Labute approximate surface area is 207 Å². The zero-order valence-corrected chi connectivity index (χ0v) is 21.5. The molecule has 1 aliphatic heterocycles. The van der Waals surface area contributed by atoms with Crippen LogP contribution < -0.4 is 10.2 Å². The molecule has 0 aliphatic carbocycles. The van der Waals surface area contributed by atoms with Gasteiger partial charge in [-0.2, -0.15) is 4.31 Å². The average molecular weight is 499 g/mol. The van der Waals surface area contributed by atoms with Gasteiger partial charge >= 0.3 is 0 Å². The predicted octanol–water partition coefficient (Wildman–Crippen LogP) is 3.56. The molecule has 188 valence electrons. The van der Waals surface area contributed by atoms with Crippen molar-refractivity contribution in [2.75, 3.05) is 36.4 Å². The maximum absolute atomic E-state index is 12.9. The summed E-state index contributed by atoms with van der Waals surface area (Å²) in [7, 11) is -1.67. The van der Waals surface area contributed by atoms with Crippen LogP contribution in [0.4, 0.5) is 11.5 Å². The fourth-order valence-electron chi connectivity index (χ4n) is 4.62. The van der Waals surface area contributed by atoms with Crippen LogP contribution in [0, 0.1) is 0 Å². The van der Waals surface area contributed by atoms with E-state index in [0.29, 0.717) is 25.0 Å². The molecular weight excluding hydrogens is 464 g/mol. The molecule has 9 nitrogen and oxygen atoms in total. The van der Waals surface area contributed by atoms with E-state index in [1.807, 2.05) is 37.6 Å². The number of aryl methyl sites for hydroxylation is 2. The molecule has 0 spiro atoms. The lowest BCUT2D eigenvalue weighted by molar-refractivity contribution is -0.116. The lowest BCUT2D eigenvalue weighted by Crippen LogP contribution is -2.31. The van der Waals surface area contributed by atoms with Crippen molar-refractivity contribution in [3.8, 4) is 0 Å². The Bertz CT molecular complexity index is 1290. The van der Waals surface area contributed by atoms with E-state index in [1.54, 1.807) is 24.4 Å². The minimum absolute atomic E-state index is 0.104. The Balaban J connectivity index is 1.47. The van der Waals surface area contributed by atoms with Crippen LogP contribution in [0.5, 0.6) is 0 Å². The smallest absolute Gasteiger partial charge is 0.243 e. The molecule has 2 aromatic heterocycles. The highest BCUT2D eigenvalue weighted by Gasteiger charge is 2.23. The van der Waals surface area contributed by atoms with Crippen molar-refractivity contribution in [1.29, 1.82) is 0 Å². The number of carbonyl (C=O) groups excluding carboxylic acids is 1. The van der Waals surface area contributed by atoms with E-state index in [9.17, 15) is 13.2 Å². The van der Waals surface area contributed by atoms with Crippen LogP contribution in [0.25, 0.3) is 11.0 Å². The molecule has 35 heavy (non-hydrogen) atoms. The van der Waals surface area contributed by atoms with Crippen molar-refractivity contribution >= 4 is 38.5 Å². The molecule has 0 unspecified atom stereocenters. The van der Waals surface area contributed by atoms with Crippen LogP contribution in [0.3, 0.4) is 0 Å². The number of aromatic nitrogens is 3. The van der Waals surface area contributed by atoms with Crippen LogP contribution in [-0.4, -0.2) is 59.3 Å². The van der Waals surface area contributed by atoms with Crippen molar-refractivity contribution < 1.29 is 13.2 Å². The summed E-state index contributed by atoms with van der Waals surface area (Å²) in [5, 5.41) is 3.02. The summed E-state index contributed by atoms with van der Waals surface area (Å²) in [6, 6.07) is 8.74. The number of anilines is 2.